The molecule has 1 aromatic heterocycles. The van der Waals surface area contributed by atoms with Crippen LogP contribution < -0.4 is 0 Å². The van der Waals surface area contributed by atoms with Gasteiger partial charge in [-0.15, -0.1) is 0 Å². The van der Waals surface area contributed by atoms with Crippen LogP contribution in [0.1, 0.15) is 25.7 Å². The molecule has 28 heavy (non-hydrogen) atoms. The van der Waals surface area contributed by atoms with Gasteiger partial charge in [-0.25, -0.2) is 4.99 Å². The van der Waals surface area contributed by atoms with Crippen molar-refractivity contribution in [2.75, 3.05) is 7.11 Å². The second-order valence-corrected chi connectivity index (χ2v) is 6.54. The van der Waals surface area contributed by atoms with Gasteiger partial charge >= 0.3 is 7.12 Å². The fraction of sp³-hybridized carbons (Fsp3) is 0.238. The molecule has 2 aromatic rings. The number of aromatic amines is 1. The SMILES string of the molecule is CO/C=C/C=C(\C=C\B(O)O)C(=N/c1ccc2[nH]ncc2c1)/C1=CCCCC1. The fourth-order valence-electron chi connectivity index (χ4n) is 3.13. The van der Waals surface area contributed by atoms with Crippen molar-refractivity contribution in [1.82, 2.24) is 10.2 Å². The van der Waals surface area contributed by atoms with Crippen LogP contribution >= 0.6 is 0 Å². The van der Waals surface area contributed by atoms with Crippen LogP contribution in [0.2, 0.25) is 0 Å². The first kappa shape index (κ1) is 19.9. The topological polar surface area (TPSA) is 90.7 Å². The first-order valence-corrected chi connectivity index (χ1v) is 9.33. The van der Waals surface area contributed by atoms with Gasteiger partial charge in [-0.2, -0.15) is 5.10 Å². The molecule has 0 unspecified atom stereocenters. The molecule has 0 saturated heterocycles. The molecule has 6 nitrogen and oxygen atoms in total. The van der Waals surface area contributed by atoms with Crippen LogP contribution in [0.5, 0.6) is 0 Å². The quantitative estimate of drug-likeness (QED) is 0.296. The molecular formula is C21H24BN3O3. The predicted molar refractivity (Wildman–Crippen MR) is 113 cm³/mol. The highest BCUT2D eigenvalue weighted by molar-refractivity contribution is 6.47. The van der Waals surface area contributed by atoms with Gasteiger partial charge in [0.15, 0.2) is 0 Å². The number of aliphatic imine (C=N–C) groups is 1. The van der Waals surface area contributed by atoms with Crippen molar-refractivity contribution in [3.05, 3.63) is 72.1 Å². The molecule has 1 aromatic carbocycles. The Balaban J connectivity index is 2.08. The van der Waals surface area contributed by atoms with E-state index in [-0.39, 0.29) is 0 Å². The monoisotopic (exact) mass is 377 g/mol. The van der Waals surface area contributed by atoms with Gasteiger partial charge in [-0.3, -0.25) is 5.10 Å². The third-order valence-electron chi connectivity index (χ3n) is 4.47. The molecule has 1 aliphatic rings. The number of aromatic nitrogens is 2. The molecular weight excluding hydrogens is 353 g/mol. The number of methoxy groups -OCH3 is 1. The van der Waals surface area contributed by atoms with E-state index in [0.29, 0.717) is 0 Å². The Bertz CT molecular complexity index is 955. The van der Waals surface area contributed by atoms with Crippen LogP contribution in [0, 0.1) is 0 Å². The van der Waals surface area contributed by atoms with Gasteiger partial charge in [0, 0.05) is 5.39 Å². The Morgan fingerprint density at radius 3 is 2.96 bits per heavy atom. The molecule has 0 bridgehead atoms. The second-order valence-electron chi connectivity index (χ2n) is 6.54. The van der Waals surface area contributed by atoms with Crippen molar-refractivity contribution >= 4 is 29.4 Å². The van der Waals surface area contributed by atoms with E-state index in [1.54, 1.807) is 31.7 Å². The Morgan fingerprint density at radius 1 is 1.32 bits per heavy atom. The molecule has 3 rings (SSSR count). The lowest BCUT2D eigenvalue weighted by Crippen LogP contribution is -2.11. The van der Waals surface area contributed by atoms with Crippen LogP contribution in [0.15, 0.2) is 77.1 Å². The van der Waals surface area contributed by atoms with E-state index < -0.39 is 7.12 Å². The first-order valence-electron chi connectivity index (χ1n) is 9.33. The lowest BCUT2D eigenvalue weighted by Gasteiger charge is -2.16. The highest BCUT2D eigenvalue weighted by atomic mass is 16.5. The summed E-state index contributed by atoms with van der Waals surface area (Å²) in [6.07, 6.45) is 15.1. The summed E-state index contributed by atoms with van der Waals surface area (Å²) in [5.74, 6) is 1.32. The number of H-pyrrole nitrogens is 1. The summed E-state index contributed by atoms with van der Waals surface area (Å²) in [4.78, 5) is 4.92. The maximum Gasteiger partial charge on any atom is 0.480 e. The lowest BCUT2D eigenvalue weighted by molar-refractivity contribution is 0.338. The molecule has 1 heterocycles. The zero-order valence-corrected chi connectivity index (χ0v) is 15.9. The molecule has 7 heteroatoms. The second kappa shape index (κ2) is 9.87. The summed E-state index contributed by atoms with van der Waals surface area (Å²) in [5, 5.41) is 26.6. The molecule has 0 aliphatic heterocycles. The highest BCUT2D eigenvalue weighted by Crippen LogP contribution is 2.27. The average Bonchev–Trinajstić information content (AvgIpc) is 3.17. The molecule has 1 aliphatic carbocycles. The summed E-state index contributed by atoms with van der Waals surface area (Å²) in [6, 6.07) is 5.88. The molecule has 0 spiro atoms. The number of hydrogen-bond acceptors (Lipinski definition) is 5. The minimum Gasteiger partial charge on any atom is -0.504 e. The van der Waals surface area contributed by atoms with E-state index in [9.17, 15) is 10.0 Å². The van der Waals surface area contributed by atoms with E-state index in [1.807, 2.05) is 24.3 Å². The van der Waals surface area contributed by atoms with Gasteiger partial charge in [0.25, 0.3) is 0 Å². The van der Waals surface area contributed by atoms with E-state index in [4.69, 9.17) is 9.73 Å². The van der Waals surface area contributed by atoms with Crippen LogP contribution in [-0.4, -0.2) is 40.2 Å². The number of benzene rings is 1. The molecule has 0 fully saturated rings. The third kappa shape index (κ3) is 5.31. The Kier molecular flexibility index (Phi) is 7.00. The van der Waals surface area contributed by atoms with Crippen molar-refractivity contribution in [2.45, 2.75) is 25.7 Å². The van der Waals surface area contributed by atoms with Gasteiger partial charge in [-0.1, -0.05) is 18.1 Å². The number of rotatable bonds is 7. The maximum absolute atomic E-state index is 9.28. The van der Waals surface area contributed by atoms with Gasteiger partial charge in [-0.05, 0) is 67.2 Å². The molecule has 0 radical (unpaired) electrons. The van der Waals surface area contributed by atoms with Gasteiger partial charge < -0.3 is 14.8 Å². The number of nitrogens with one attached hydrogen (secondary N) is 1. The van der Waals surface area contributed by atoms with Crippen molar-refractivity contribution in [1.29, 1.82) is 0 Å². The number of ether oxygens (including phenoxy) is 1. The summed E-state index contributed by atoms with van der Waals surface area (Å²) >= 11 is 0. The predicted octanol–water partition coefficient (Wildman–Crippen LogP) is 3.79. The van der Waals surface area contributed by atoms with E-state index in [1.165, 1.54) is 12.4 Å². The maximum atomic E-state index is 9.28. The van der Waals surface area contributed by atoms with Crippen molar-refractivity contribution in [2.24, 2.45) is 4.99 Å². The van der Waals surface area contributed by atoms with Crippen LogP contribution in [0.4, 0.5) is 5.69 Å². The van der Waals surface area contributed by atoms with Crippen LogP contribution in [-0.2, 0) is 4.74 Å². The van der Waals surface area contributed by atoms with Crippen molar-refractivity contribution in [3.8, 4) is 0 Å². The molecule has 3 N–H and O–H groups in total. The third-order valence-corrected chi connectivity index (χ3v) is 4.47. The van der Waals surface area contributed by atoms with E-state index >= 15 is 0 Å². The lowest BCUT2D eigenvalue weighted by atomic mass is 9.87. The largest absolute Gasteiger partial charge is 0.504 e. The molecule has 0 atom stereocenters. The van der Waals surface area contributed by atoms with Gasteiger partial charge in [0.1, 0.15) is 0 Å². The minimum atomic E-state index is -1.53. The van der Waals surface area contributed by atoms with Gasteiger partial charge in [0.05, 0.1) is 36.5 Å². The first-order chi connectivity index (χ1) is 13.7. The standard InChI is InChI=1S/C21H24BN3O3/c1-28-13-5-8-17(11-12-22(26)27)21(16-6-3-2-4-7-16)24-19-9-10-20-18(14-19)15-23-25-20/h5-6,8-15,26-27H,2-4,7H2,1H3,(H,23,25)/b12-11+,13-5+,17-8+,24-21+. The van der Waals surface area contributed by atoms with Crippen molar-refractivity contribution in [3.63, 3.8) is 0 Å². The highest BCUT2D eigenvalue weighted by Gasteiger charge is 2.15. The number of allylic oxidation sites excluding steroid dienone is 6. The van der Waals surface area contributed by atoms with E-state index in [0.717, 1.165) is 52.7 Å². The Labute approximate surface area is 164 Å². The van der Waals surface area contributed by atoms with Crippen LogP contribution in [0.25, 0.3) is 10.9 Å². The summed E-state index contributed by atoms with van der Waals surface area (Å²) in [7, 11) is 0.0505. The molecule has 144 valence electrons. The zero-order valence-electron chi connectivity index (χ0n) is 15.9. The minimum absolute atomic E-state index is 0.779. The average molecular weight is 377 g/mol. The zero-order chi connectivity index (χ0) is 19.8. The fourth-order valence-corrected chi connectivity index (χ4v) is 3.13. The Hall–Kier alpha value is -2.90. The van der Waals surface area contributed by atoms with Gasteiger partial charge in [0.2, 0.25) is 0 Å². The Morgan fingerprint density at radius 2 is 2.21 bits per heavy atom. The summed E-state index contributed by atoms with van der Waals surface area (Å²) in [5.41, 5.74) is 4.53. The summed E-state index contributed by atoms with van der Waals surface area (Å²) < 4.78 is 4.99. The normalized spacial score (nSPS) is 16.2. The van der Waals surface area contributed by atoms with E-state index in [2.05, 4.69) is 16.3 Å². The molecule has 0 saturated carbocycles. The smallest absolute Gasteiger partial charge is 0.480 e. The summed E-state index contributed by atoms with van der Waals surface area (Å²) in [6.45, 7) is 0. The number of fused-ring (bicyclic) bond motifs is 1. The number of nitrogens with zero attached hydrogens (tertiary/aromatic N) is 2. The number of hydrogen-bond donors (Lipinski definition) is 3. The van der Waals surface area contributed by atoms with Crippen LogP contribution in [0.3, 0.4) is 0 Å². The molecule has 0 amide bonds. The van der Waals surface area contributed by atoms with Crippen molar-refractivity contribution < 1.29 is 14.8 Å².